The van der Waals surface area contributed by atoms with Gasteiger partial charge in [0.1, 0.15) is 0 Å². The SMILES string of the molecule is O=C(NCCO)C(=O)NC(c1ccccc1)c1ccccc1. The van der Waals surface area contributed by atoms with E-state index in [0.29, 0.717) is 0 Å². The Bertz CT molecular complexity index is 575. The molecule has 0 atom stereocenters. The van der Waals surface area contributed by atoms with Gasteiger partial charge in [-0.2, -0.15) is 0 Å². The van der Waals surface area contributed by atoms with E-state index < -0.39 is 17.9 Å². The molecule has 0 saturated heterocycles. The summed E-state index contributed by atoms with van der Waals surface area (Å²) in [7, 11) is 0. The molecule has 0 fully saturated rings. The monoisotopic (exact) mass is 298 g/mol. The highest BCUT2D eigenvalue weighted by atomic mass is 16.3. The minimum atomic E-state index is -0.758. The summed E-state index contributed by atoms with van der Waals surface area (Å²) < 4.78 is 0. The zero-order valence-electron chi connectivity index (χ0n) is 12.0. The van der Waals surface area contributed by atoms with Gasteiger partial charge < -0.3 is 15.7 Å². The molecule has 0 radical (unpaired) electrons. The maximum absolute atomic E-state index is 12.0. The molecular formula is C17H18N2O3. The van der Waals surface area contributed by atoms with E-state index in [0.717, 1.165) is 11.1 Å². The van der Waals surface area contributed by atoms with E-state index in [2.05, 4.69) is 10.6 Å². The first-order chi connectivity index (χ1) is 10.7. The summed E-state index contributed by atoms with van der Waals surface area (Å²) in [5.41, 5.74) is 1.77. The van der Waals surface area contributed by atoms with Gasteiger partial charge in [0.05, 0.1) is 12.6 Å². The van der Waals surface area contributed by atoms with Crippen LogP contribution in [-0.2, 0) is 9.59 Å². The number of aliphatic hydroxyl groups excluding tert-OH is 1. The van der Waals surface area contributed by atoms with Gasteiger partial charge in [0, 0.05) is 6.54 Å². The number of benzene rings is 2. The standard InChI is InChI=1S/C17H18N2O3/c20-12-11-18-16(21)17(22)19-15(13-7-3-1-4-8-13)14-9-5-2-6-10-14/h1-10,15,20H,11-12H2,(H,18,21)(H,19,22). The number of carbonyl (C=O) groups is 2. The molecule has 0 heterocycles. The first-order valence-electron chi connectivity index (χ1n) is 7.02. The van der Waals surface area contributed by atoms with Gasteiger partial charge in [0.15, 0.2) is 0 Å². The van der Waals surface area contributed by atoms with Gasteiger partial charge in [-0.1, -0.05) is 60.7 Å². The summed E-state index contributed by atoms with van der Waals surface area (Å²) in [6.45, 7) is -0.159. The maximum Gasteiger partial charge on any atom is 0.310 e. The van der Waals surface area contributed by atoms with E-state index in [1.54, 1.807) is 0 Å². The van der Waals surface area contributed by atoms with Gasteiger partial charge >= 0.3 is 11.8 Å². The minimum Gasteiger partial charge on any atom is -0.395 e. The van der Waals surface area contributed by atoms with Gasteiger partial charge in [-0.25, -0.2) is 0 Å². The number of carbonyl (C=O) groups excluding carboxylic acids is 2. The average molecular weight is 298 g/mol. The first-order valence-corrected chi connectivity index (χ1v) is 7.02. The van der Waals surface area contributed by atoms with Crippen molar-refractivity contribution in [3.8, 4) is 0 Å². The fourth-order valence-corrected chi connectivity index (χ4v) is 2.10. The van der Waals surface area contributed by atoms with Crippen LogP contribution in [0, 0.1) is 0 Å². The van der Waals surface area contributed by atoms with E-state index in [4.69, 9.17) is 5.11 Å². The van der Waals surface area contributed by atoms with Crippen LogP contribution in [0.4, 0.5) is 0 Å². The van der Waals surface area contributed by atoms with Gasteiger partial charge in [-0.15, -0.1) is 0 Å². The summed E-state index contributed by atoms with van der Waals surface area (Å²) in [6.07, 6.45) is 0. The topological polar surface area (TPSA) is 78.4 Å². The molecule has 2 aromatic carbocycles. The van der Waals surface area contributed by atoms with Crippen LogP contribution in [0.3, 0.4) is 0 Å². The zero-order valence-corrected chi connectivity index (χ0v) is 12.0. The molecule has 2 amide bonds. The summed E-state index contributed by atoms with van der Waals surface area (Å²) >= 11 is 0. The lowest BCUT2D eigenvalue weighted by molar-refractivity contribution is -0.139. The molecule has 5 nitrogen and oxygen atoms in total. The molecule has 114 valence electrons. The Morgan fingerprint density at radius 3 is 1.82 bits per heavy atom. The van der Waals surface area contributed by atoms with Crippen molar-refractivity contribution >= 4 is 11.8 Å². The highest BCUT2D eigenvalue weighted by Crippen LogP contribution is 2.21. The summed E-state index contributed by atoms with van der Waals surface area (Å²) in [4.78, 5) is 23.7. The Balaban J connectivity index is 2.19. The normalized spacial score (nSPS) is 10.3. The number of amides is 2. The number of hydrogen-bond donors (Lipinski definition) is 3. The molecule has 0 aliphatic carbocycles. The van der Waals surface area contributed by atoms with E-state index >= 15 is 0 Å². The van der Waals surface area contributed by atoms with E-state index in [1.807, 2.05) is 60.7 Å². The van der Waals surface area contributed by atoms with Crippen molar-refractivity contribution in [1.29, 1.82) is 0 Å². The Morgan fingerprint density at radius 2 is 1.36 bits per heavy atom. The van der Waals surface area contributed by atoms with E-state index in [9.17, 15) is 9.59 Å². The van der Waals surface area contributed by atoms with Crippen molar-refractivity contribution in [3.63, 3.8) is 0 Å². The molecule has 0 aliphatic heterocycles. The lowest BCUT2D eigenvalue weighted by Gasteiger charge is -2.19. The van der Waals surface area contributed by atoms with Crippen LogP contribution in [0.25, 0.3) is 0 Å². The van der Waals surface area contributed by atoms with Crippen LogP contribution in [0.1, 0.15) is 17.2 Å². The summed E-state index contributed by atoms with van der Waals surface area (Å²) in [5.74, 6) is -1.49. The zero-order chi connectivity index (χ0) is 15.8. The quantitative estimate of drug-likeness (QED) is 0.721. The third kappa shape index (κ3) is 4.17. The molecule has 0 aromatic heterocycles. The maximum atomic E-state index is 12.0. The second kappa shape index (κ2) is 7.95. The number of rotatable bonds is 5. The van der Waals surface area contributed by atoms with Crippen molar-refractivity contribution in [2.75, 3.05) is 13.2 Å². The molecule has 0 aliphatic rings. The number of aliphatic hydroxyl groups is 1. The van der Waals surface area contributed by atoms with E-state index in [-0.39, 0.29) is 13.2 Å². The lowest BCUT2D eigenvalue weighted by Crippen LogP contribution is -2.42. The smallest absolute Gasteiger partial charge is 0.310 e. The second-order valence-corrected chi connectivity index (χ2v) is 4.71. The Morgan fingerprint density at radius 1 is 0.864 bits per heavy atom. The van der Waals surface area contributed by atoms with Crippen molar-refractivity contribution in [2.24, 2.45) is 0 Å². The Labute approximate surface area is 129 Å². The fraction of sp³-hybridized carbons (Fsp3) is 0.176. The summed E-state index contributed by atoms with van der Waals surface area (Å²) in [5, 5.41) is 13.8. The van der Waals surface area contributed by atoms with Crippen molar-refractivity contribution < 1.29 is 14.7 Å². The van der Waals surface area contributed by atoms with Gasteiger partial charge in [-0.3, -0.25) is 9.59 Å². The van der Waals surface area contributed by atoms with Crippen LogP contribution in [0.2, 0.25) is 0 Å². The molecule has 22 heavy (non-hydrogen) atoms. The predicted molar refractivity (Wildman–Crippen MR) is 83.0 cm³/mol. The molecular weight excluding hydrogens is 280 g/mol. The molecule has 0 bridgehead atoms. The molecule has 3 N–H and O–H groups in total. The molecule has 0 saturated carbocycles. The third-order valence-corrected chi connectivity index (χ3v) is 3.14. The lowest BCUT2D eigenvalue weighted by atomic mass is 9.99. The molecule has 0 spiro atoms. The molecule has 2 rings (SSSR count). The highest BCUT2D eigenvalue weighted by Gasteiger charge is 2.20. The van der Waals surface area contributed by atoms with Gasteiger partial charge in [0.2, 0.25) is 0 Å². The van der Waals surface area contributed by atoms with E-state index in [1.165, 1.54) is 0 Å². The number of nitrogens with one attached hydrogen (secondary N) is 2. The Hall–Kier alpha value is -2.66. The highest BCUT2D eigenvalue weighted by molar-refractivity contribution is 6.35. The third-order valence-electron chi connectivity index (χ3n) is 3.14. The fourth-order valence-electron chi connectivity index (χ4n) is 2.10. The predicted octanol–water partition coefficient (Wildman–Crippen LogP) is 1.00. The van der Waals surface area contributed by atoms with Crippen LogP contribution >= 0.6 is 0 Å². The second-order valence-electron chi connectivity index (χ2n) is 4.71. The van der Waals surface area contributed by atoms with Gasteiger partial charge in [-0.05, 0) is 11.1 Å². The largest absolute Gasteiger partial charge is 0.395 e. The van der Waals surface area contributed by atoms with Crippen LogP contribution in [0.15, 0.2) is 60.7 Å². The molecule has 2 aromatic rings. The molecule has 0 unspecified atom stereocenters. The number of hydrogen-bond acceptors (Lipinski definition) is 3. The van der Waals surface area contributed by atoms with Crippen LogP contribution in [-0.4, -0.2) is 30.1 Å². The average Bonchev–Trinajstić information content (AvgIpc) is 2.58. The Kier molecular flexibility index (Phi) is 5.68. The summed E-state index contributed by atoms with van der Waals surface area (Å²) in [6, 6.07) is 18.5. The van der Waals surface area contributed by atoms with Gasteiger partial charge in [0.25, 0.3) is 0 Å². The molecule has 5 heteroatoms. The minimum absolute atomic E-state index is 0.0492. The van der Waals surface area contributed by atoms with Crippen LogP contribution in [0.5, 0.6) is 0 Å². The van der Waals surface area contributed by atoms with Crippen LogP contribution < -0.4 is 10.6 Å². The van der Waals surface area contributed by atoms with Crippen molar-refractivity contribution in [3.05, 3.63) is 71.8 Å². The van der Waals surface area contributed by atoms with Crippen molar-refractivity contribution in [1.82, 2.24) is 10.6 Å². The van der Waals surface area contributed by atoms with Crippen molar-refractivity contribution in [2.45, 2.75) is 6.04 Å². The first kappa shape index (κ1) is 15.7.